The Balaban J connectivity index is 1.95. The highest BCUT2D eigenvalue weighted by molar-refractivity contribution is 4.93. The summed E-state index contributed by atoms with van der Waals surface area (Å²) in [6.45, 7) is 5.98. The van der Waals surface area contributed by atoms with Crippen LogP contribution in [-0.4, -0.2) is 33.5 Å². The zero-order valence-corrected chi connectivity index (χ0v) is 10.6. The Labute approximate surface area is 102 Å². The van der Waals surface area contributed by atoms with E-state index in [0.29, 0.717) is 12.3 Å². The molecule has 2 unspecified atom stereocenters. The molecule has 1 aromatic heterocycles. The first-order valence-electron chi connectivity index (χ1n) is 6.41. The molecule has 1 aliphatic heterocycles. The van der Waals surface area contributed by atoms with Crippen molar-refractivity contribution in [3.05, 3.63) is 12.2 Å². The van der Waals surface area contributed by atoms with Gasteiger partial charge in [0.2, 0.25) is 0 Å². The van der Waals surface area contributed by atoms with E-state index in [1.807, 2.05) is 4.68 Å². The van der Waals surface area contributed by atoms with E-state index >= 15 is 0 Å². The van der Waals surface area contributed by atoms with E-state index in [0.717, 1.165) is 31.8 Å². The predicted octanol–water partition coefficient (Wildman–Crippen LogP) is 1.57. The number of nitrogens with zero attached hydrogens (tertiary/aromatic N) is 3. The molecule has 17 heavy (non-hydrogen) atoms. The van der Waals surface area contributed by atoms with E-state index in [1.54, 1.807) is 0 Å². The number of hydrogen-bond donors (Lipinski definition) is 1. The molecule has 1 fully saturated rings. The average Bonchev–Trinajstić information content (AvgIpc) is 2.89. The van der Waals surface area contributed by atoms with Crippen LogP contribution in [0.2, 0.25) is 0 Å². The van der Waals surface area contributed by atoms with Crippen LogP contribution < -0.4 is 5.32 Å². The fourth-order valence-corrected chi connectivity index (χ4v) is 2.28. The molecule has 96 valence electrons. The van der Waals surface area contributed by atoms with Gasteiger partial charge in [-0.25, -0.2) is 14.1 Å². The Morgan fingerprint density at radius 1 is 1.59 bits per heavy atom. The Bertz CT molecular complexity index is 344. The van der Waals surface area contributed by atoms with Crippen molar-refractivity contribution in [3.63, 3.8) is 0 Å². The first-order chi connectivity index (χ1) is 8.16. The maximum absolute atomic E-state index is 14.0. The number of nitrogens with one attached hydrogen (secondary N) is 1. The standard InChI is InChI=1S/C12H21FN4/c1-9(2)7-17-12(15-8-16-17)6-10(13)11-4-3-5-14-11/h8-11,14H,3-7H2,1-2H3. The maximum Gasteiger partial charge on any atom is 0.138 e. The van der Waals surface area contributed by atoms with Crippen LogP contribution in [0.15, 0.2) is 6.33 Å². The van der Waals surface area contributed by atoms with Crippen molar-refractivity contribution in [3.8, 4) is 0 Å². The van der Waals surface area contributed by atoms with E-state index in [2.05, 4.69) is 29.2 Å². The molecule has 5 heteroatoms. The van der Waals surface area contributed by atoms with E-state index in [1.165, 1.54) is 6.33 Å². The lowest BCUT2D eigenvalue weighted by molar-refractivity contribution is 0.255. The number of rotatable bonds is 5. The lowest BCUT2D eigenvalue weighted by Crippen LogP contribution is -2.34. The van der Waals surface area contributed by atoms with Gasteiger partial charge in [-0.05, 0) is 25.3 Å². The van der Waals surface area contributed by atoms with Crippen molar-refractivity contribution in [1.29, 1.82) is 0 Å². The minimum absolute atomic E-state index is 0.000741. The molecule has 4 nitrogen and oxygen atoms in total. The van der Waals surface area contributed by atoms with Gasteiger partial charge in [-0.1, -0.05) is 13.8 Å². The fourth-order valence-electron chi connectivity index (χ4n) is 2.28. The largest absolute Gasteiger partial charge is 0.311 e. The van der Waals surface area contributed by atoms with Gasteiger partial charge in [0.05, 0.1) is 0 Å². The van der Waals surface area contributed by atoms with Crippen molar-refractivity contribution >= 4 is 0 Å². The van der Waals surface area contributed by atoms with Crippen molar-refractivity contribution in [1.82, 2.24) is 20.1 Å². The normalized spacial score (nSPS) is 22.2. The quantitative estimate of drug-likeness (QED) is 0.849. The average molecular weight is 240 g/mol. The summed E-state index contributed by atoms with van der Waals surface area (Å²) in [4.78, 5) is 4.16. The number of alkyl halides is 1. The molecule has 0 saturated carbocycles. The SMILES string of the molecule is CC(C)Cn1ncnc1CC(F)C1CCCN1. The monoisotopic (exact) mass is 240 g/mol. The van der Waals surface area contributed by atoms with Crippen LogP contribution in [0.25, 0.3) is 0 Å². The van der Waals surface area contributed by atoms with Gasteiger partial charge in [-0.3, -0.25) is 0 Å². The molecule has 0 radical (unpaired) electrons. The molecular formula is C12H21FN4. The van der Waals surface area contributed by atoms with Crippen LogP contribution in [0, 0.1) is 5.92 Å². The molecule has 0 bridgehead atoms. The van der Waals surface area contributed by atoms with Gasteiger partial charge >= 0.3 is 0 Å². The van der Waals surface area contributed by atoms with Gasteiger partial charge in [0.15, 0.2) is 0 Å². The Morgan fingerprint density at radius 3 is 3.06 bits per heavy atom. The summed E-state index contributed by atoms with van der Waals surface area (Å²) in [5.74, 6) is 1.26. The highest BCUT2D eigenvalue weighted by atomic mass is 19.1. The second-order valence-electron chi connectivity index (χ2n) is 5.18. The van der Waals surface area contributed by atoms with Gasteiger partial charge in [0.25, 0.3) is 0 Å². The molecule has 1 aliphatic rings. The van der Waals surface area contributed by atoms with Gasteiger partial charge < -0.3 is 5.32 Å². The van der Waals surface area contributed by atoms with Gasteiger partial charge in [-0.15, -0.1) is 0 Å². The molecule has 2 rings (SSSR count). The molecular weight excluding hydrogens is 219 g/mol. The highest BCUT2D eigenvalue weighted by Gasteiger charge is 2.25. The van der Waals surface area contributed by atoms with Crippen LogP contribution in [-0.2, 0) is 13.0 Å². The summed E-state index contributed by atoms with van der Waals surface area (Å²) >= 11 is 0. The smallest absolute Gasteiger partial charge is 0.138 e. The Hall–Kier alpha value is -0.970. The summed E-state index contributed by atoms with van der Waals surface area (Å²) in [6.07, 6.45) is 3.03. The first-order valence-corrected chi connectivity index (χ1v) is 6.41. The van der Waals surface area contributed by atoms with Crippen molar-refractivity contribution in [2.75, 3.05) is 6.54 Å². The minimum atomic E-state index is -0.854. The third-order valence-electron chi connectivity index (χ3n) is 3.15. The molecule has 0 spiro atoms. The zero-order chi connectivity index (χ0) is 12.3. The zero-order valence-electron chi connectivity index (χ0n) is 10.6. The highest BCUT2D eigenvalue weighted by Crippen LogP contribution is 2.15. The number of aromatic nitrogens is 3. The third kappa shape index (κ3) is 3.25. The van der Waals surface area contributed by atoms with Crippen molar-refractivity contribution < 1.29 is 4.39 Å². The summed E-state index contributed by atoms with van der Waals surface area (Å²) in [7, 11) is 0. The van der Waals surface area contributed by atoms with Crippen LogP contribution in [0.4, 0.5) is 4.39 Å². The third-order valence-corrected chi connectivity index (χ3v) is 3.15. The molecule has 1 saturated heterocycles. The lowest BCUT2D eigenvalue weighted by Gasteiger charge is -2.16. The van der Waals surface area contributed by atoms with E-state index in [9.17, 15) is 4.39 Å². The van der Waals surface area contributed by atoms with Crippen LogP contribution >= 0.6 is 0 Å². The minimum Gasteiger partial charge on any atom is -0.311 e. The van der Waals surface area contributed by atoms with Crippen LogP contribution in [0.3, 0.4) is 0 Å². The number of hydrogen-bond acceptors (Lipinski definition) is 3. The summed E-state index contributed by atoms with van der Waals surface area (Å²) in [5.41, 5.74) is 0. The van der Waals surface area contributed by atoms with Gasteiger partial charge in [0, 0.05) is 19.0 Å². The molecule has 0 aromatic carbocycles. The molecule has 1 aromatic rings. The van der Waals surface area contributed by atoms with Gasteiger partial charge in [0.1, 0.15) is 18.3 Å². The predicted molar refractivity (Wildman–Crippen MR) is 64.5 cm³/mol. The van der Waals surface area contributed by atoms with Crippen LogP contribution in [0.1, 0.15) is 32.5 Å². The lowest BCUT2D eigenvalue weighted by atomic mass is 10.1. The Morgan fingerprint density at radius 2 is 2.41 bits per heavy atom. The van der Waals surface area contributed by atoms with E-state index in [4.69, 9.17) is 0 Å². The molecule has 0 amide bonds. The van der Waals surface area contributed by atoms with E-state index < -0.39 is 6.17 Å². The molecule has 0 aliphatic carbocycles. The second kappa shape index (κ2) is 5.58. The second-order valence-corrected chi connectivity index (χ2v) is 5.18. The summed E-state index contributed by atoms with van der Waals surface area (Å²) < 4.78 is 15.9. The maximum atomic E-state index is 14.0. The molecule has 1 N–H and O–H groups in total. The van der Waals surface area contributed by atoms with Crippen molar-refractivity contribution in [2.24, 2.45) is 5.92 Å². The topological polar surface area (TPSA) is 42.7 Å². The van der Waals surface area contributed by atoms with Gasteiger partial charge in [-0.2, -0.15) is 5.10 Å². The number of halogens is 1. The fraction of sp³-hybridized carbons (Fsp3) is 0.833. The molecule has 2 atom stereocenters. The molecule has 2 heterocycles. The van der Waals surface area contributed by atoms with Crippen molar-refractivity contribution in [2.45, 2.75) is 51.9 Å². The summed E-state index contributed by atoms with van der Waals surface area (Å²) in [5, 5.41) is 7.35. The van der Waals surface area contributed by atoms with E-state index in [-0.39, 0.29) is 6.04 Å². The summed E-state index contributed by atoms with van der Waals surface area (Å²) in [6, 6.07) is -0.000741. The Kier molecular flexibility index (Phi) is 4.10. The first kappa shape index (κ1) is 12.5. The van der Waals surface area contributed by atoms with Crippen LogP contribution in [0.5, 0.6) is 0 Å².